The molecule has 1 amide bonds. The number of benzene rings is 1. The first-order chi connectivity index (χ1) is 11.2. The zero-order valence-corrected chi connectivity index (χ0v) is 14.3. The minimum atomic E-state index is -0.264. The molecule has 0 saturated heterocycles. The van der Waals surface area contributed by atoms with Crippen LogP contribution < -0.4 is 10.6 Å². The van der Waals surface area contributed by atoms with Crippen molar-refractivity contribution in [2.24, 2.45) is 0 Å². The Morgan fingerprint density at radius 3 is 2.65 bits per heavy atom. The van der Waals surface area contributed by atoms with Gasteiger partial charge in [0.2, 0.25) is 0 Å². The molecule has 120 valence electrons. The standard InChI is InChI=1S/C17H19BrN4O/c18-12-5-4-8-14(9-12)22-17(23)15-10-20-16(11-19-15)21-13-6-2-1-3-7-13/h4-5,8-11,13H,1-3,6-7H2,(H,20,21)(H,22,23). The number of nitrogens with one attached hydrogen (secondary N) is 2. The van der Waals surface area contributed by atoms with Crippen LogP contribution in [0.4, 0.5) is 11.5 Å². The molecule has 0 radical (unpaired) electrons. The van der Waals surface area contributed by atoms with E-state index in [0.717, 1.165) is 16.0 Å². The van der Waals surface area contributed by atoms with Crippen molar-refractivity contribution in [2.75, 3.05) is 10.6 Å². The molecule has 2 aromatic rings. The summed E-state index contributed by atoms with van der Waals surface area (Å²) in [5.74, 6) is 0.468. The Bertz CT molecular complexity index is 669. The summed E-state index contributed by atoms with van der Waals surface area (Å²) in [4.78, 5) is 20.7. The Morgan fingerprint density at radius 2 is 1.96 bits per heavy atom. The van der Waals surface area contributed by atoms with E-state index in [9.17, 15) is 4.79 Å². The molecule has 1 fully saturated rings. The van der Waals surface area contributed by atoms with Crippen LogP contribution in [0.5, 0.6) is 0 Å². The lowest BCUT2D eigenvalue weighted by atomic mass is 9.96. The summed E-state index contributed by atoms with van der Waals surface area (Å²) in [6.45, 7) is 0. The first-order valence-electron chi connectivity index (χ1n) is 7.86. The van der Waals surface area contributed by atoms with E-state index in [-0.39, 0.29) is 5.91 Å². The molecular formula is C17H19BrN4O. The second kappa shape index (κ2) is 7.55. The molecule has 6 heteroatoms. The van der Waals surface area contributed by atoms with Gasteiger partial charge in [-0.1, -0.05) is 41.3 Å². The lowest BCUT2D eigenvalue weighted by Gasteiger charge is -2.23. The third kappa shape index (κ3) is 4.51. The van der Waals surface area contributed by atoms with Gasteiger partial charge in [0, 0.05) is 16.2 Å². The molecule has 2 N–H and O–H groups in total. The molecule has 0 spiro atoms. The van der Waals surface area contributed by atoms with Crippen LogP contribution in [0, 0.1) is 0 Å². The van der Waals surface area contributed by atoms with Gasteiger partial charge in [-0.3, -0.25) is 4.79 Å². The van der Waals surface area contributed by atoms with Crippen molar-refractivity contribution in [2.45, 2.75) is 38.1 Å². The summed E-state index contributed by atoms with van der Waals surface area (Å²) in [5.41, 5.74) is 1.02. The number of hydrogen-bond acceptors (Lipinski definition) is 4. The van der Waals surface area contributed by atoms with Gasteiger partial charge >= 0.3 is 0 Å². The molecule has 3 rings (SSSR count). The van der Waals surface area contributed by atoms with E-state index in [1.165, 1.54) is 38.3 Å². The molecule has 0 bridgehead atoms. The zero-order valence-electron chi connectivity index (χ0n) is 12.8. The van der Waals surface area contributed by atoms with Crippen molar-refractivity contribution in [3.05, 3.63) is 46.8 Å². The minimum absolute atomic E-state index is 0.264. The first-order valence-corrected chi connectivity index (χ1v) is 8.65. The van der Waals surface area contributed by atoms with Gasteiger partial charge in [-0.15, -0.1) is 0 Å². The second-order valence-corrected chi connectivity index (χ2v) is 6.65. The maximum absolute atomic E-state index is 12.2. The smallest absolute Gasteiger partial charge is 0.275 e. The molecule has 5 nitrogen and oxygen atoms in total. The summed E-state index contributed by atoms with van der Waals surface area (Å²) in [6, 6.07) is 7.91. The molecule has 1 aliphatic rings. The van der Waals surface area contributed by atoms with Crippen LogP contribution in [0.15, 0.2) is 41.1 Å². The topological polar surface area (TPSA) is 66.9 Å². The van der Waals surface area contributed by atoms with Gasteiger partial charge in [0.1, 0.15) is 11.5 Å². The van der Waals surface area contributed by atoms with E-state index in [4.69, 9.17) is 0 Å². The molecule has 1 saturated carbocycles. The van der Waals surface area contributed by atoms with Crippen LogP contribution in [0.25, 0.3) is 0 Å². The fraction of sp³-hybridized carbons (Fsp3) is 0.353. The van der Waals surface area contributed by atoms with Gasteiger partial charge in [-0.2, -0.15) is 0 Å². The maximum Gasteiger partial charge on any atom is 0.275 e. The van der Waals surface area contributed by atoms with Crippen LogP contribution in [0.3, 0.4) is 0 Å². The van der Waals surface area contributed by atoms with E-state index >= 15 is 0 Å². The summed E-state index contributed by atoms with van der Waals surface area (Å²) >= 11 is 3.38. The van der Waals surface area contributed by atoms with E-state index in [0.29, 0.717) is 11.7 Å². The van der Waals surface area contributed by atoms with E-state index in [2.05, 4.69) is 36.5 Å². The fourth-order valence-electron chi connectivity index (χ4n) is 2.74. The summed E-state index contributed by atoms with van der Waals surface area (Å²) in [7, 11) is 0. The highest BCUT2D eigenvalue weighted by Crippen LogP contribution is 2.20. The highest BCUT2D eigenvalue weighted by Gasteiger charge is 2.14. The zero-order chi connectivity index (χ0) is 16.1. The second-order valence-electron chi connectivity index (χ2n) is 5.73. The van der Waals surface area contributed by atoms with Crippen molar-refractivity contribution in [1.29, 1.82) is 0 Å². The summed E-state index contributed by atoms with van der Waals surface area (Å²) in [5, 5.41) is 6.20. The quantitative estimate of drug-likeness (QED) is 0.839. The molecule has 23 heavy (non-hydrogen) atoms. The number of carbonyl (C=O) groups is 1. The molecule has 1 aliphatic carbocycles. The Kier molecular flexibility index (Phi) is 5.23. The van der Waals surface area contributed by atoms with Crippen molar-refractivity contribution in [3.63, 3.8) is 0 Å². The molecule has 0 atom stereocenters. The van der Waals surface area contributed by atoms with Crippen LogP contribution in [0.1, 0.15) is 42.6 Å². The highest BCUT2D eigenvalue weighted by molar-refractivity contribution is 9.10. The van der Waals surface area contributed by atoms with Crippen LogP contribution in [-0.2, 0) is 0 Å². The van der Waals surface area contributed by atoms with Crippen molar-refractivity contribution < 1.29 is 4.79 Å². The average Bonchev–Trinajstić information content (AvgIpc) is 2.56. The number of nitrogens with zero attached hydrogens (tertiary/aromatic N) is 2. The van der Waals surface area contributed by atoms with Crippen molar-refractivity contribution >= 4 is 33.3 Å². The van der Waals surface area contributed by atoms with Gasteiger partial charge in [-0.25, -0.2) is 9.97 Å². The largest absolute Gasteiger partial charge is 0.366 e. The fourth-order valence-corrected chi connectivity index (χ4v) is 3.14. The van der Waals surface area contributed by atoms with Gasteiger partial charge in [0.15, 0.2) is 0 Å². The lowest BCUT2D eigenvalue weighted by Crippen LogP contribution is -2.23. The van der Waals surface area contributed by atoms with E-state index in [1.807, 2.05) is 24.3 Å². The Labute approximate surface area is 144 Å². The number of aromatic nitrogens is 2. The molecule has 1 aromatic carbocycles. The van der Waals surface area contributed by atoms with E-state index in [1.54, 1.807) is 6.20 Å². The van der Waals surface area contributed by atoms with Gasteiger partial charge in [-0.05, 0) is 31.0 Å². The molecule has 1 aromatic heterocycles. The number of amides is 1. The Balaban J connectivity index is 1.60. The van der Waals surface area contributed by atoms with Crippen molar-refractivity contribution in [3.8, 4) is 0 Å². The van der Waals surface area contributed by atoms with Gasteiger partial charge < -0.3 is 10.6 Å². The predicted octanol–water partition coefficient (Wildman–Crippen LogP) is 4.24. The third-order valence-corrected chi connectivity index (χ3v) is 4.42. The SMILES string of the molecule is O=C(Nc1cccc(Br)c1)c1cnc(NC2CCCCC2)cn1. The average molecular weight is 375 g/mol. The number of hydrogen-bond donors (Lipinski definition) is 2. The molecule has 0 aliphatic heterocycles. The number of anilines is 2. The van der Waals surface area contributed by atoms with Crippen LogP contribution >= 0.6 is 15.9 Å². The normalized spacial score (nSPS) is 15.2. The number of carbonyl (C=O) groups excluding carboxylic acids is 1. The summed E-state index contributed by atoms with van der Waals surface area (Å²) in [6.07, 6.45) is 9.33. The van der Waals surface area contributed by atoms with Gasteiger partial charge in [0.05, 0.1) is 12.4 Å². The Hall–Kier alpha value is -1.95. The lowest BCUT2D eigenvalue weighted by molar-refractivity contribution is 0.102. The van der Waals surface area contributed by atoms with Crippen LogP contribution in [-0.4, -0.2) is 21.9 Å². The summed E-state index contributed by atoms with van der Waals surface area (Å²) < 4.78 is 0.911. The Morgan fingerprint density at radius 1 is 1.13 bits per heavy atom. The minimum Gasteiger partial charge on any atom is -0.366 e. The van der Waals surface area contributed by atoms with Gasteiger partial charge in [0.25, 0.3) is 5.91 Å². The molecular weight excluding hydrogens is 356 g/mol. The van der Waals surface area contributed by atoms with E-state index < -0.39 is 0 Å². The monoisotopic (exact) mass is 374 g/mol. The first kappa shape index (κ1) is 15.9. The molecule has 1 heterocycles. The number of rotatable bonds is 4. The highest BCUT2D eigenvalue weighted by atomic mass is 79.9. The maximum atomic E-state index is 12.2. The predicted molar refractivity (Wildman–Crippen MR) is 94.6 cm³/mol. The molecule has 0 unspecified atom stereocenters. The van der Waals surface area contributed by atoms with Crippen molar-refractivity contribution in [1.82, 2.24) is 9.97 Å². The number of halogens is 1. The van der Waals surface area contributed by atoms with Crippen LogP contribution in [0.2, 0.25) is 0 Å². The third-order valence-electron chi connectivity index (χ3n) is 3.92.